The van der Waals surface area contributed by atoms with Crippen LogP contribution in [0.2, 0.25) is 20.1 Å². The SMILES string of the molecule is O=S(=O)(c1ccc(Cl)c(Cl)c1)c1cnc2cc(Cl)ccc2c1Cl. The van der Waals surface area contributed by atoms with Gasteiger partial charge >= 0.3 is 0 Å². The minimum Gasteiger partial charge on any atom is -0.255 e. The Morgan fingerprint density at radius 1 is 0.870 bits per heavy atom. The second-order valence-electron chi connectivity index (χ2n) is 4.68. The molecule has 23 heavy (non-hydrogen) atoms. The van der Waals surface area contributed by atoms with Gasteiger partial charge in [-0.2, -0.15) is 0 Å². The maximum Gasteiger partial charge on any atom is 0.209 e. The van der Waals surface area contributed by atoms with Gasteiger partial charge < -0.3 is 0 Å². The molecule has 0 aliphatic rings. The summed E-state index contributed by atoms with van der Waals surface area (Å²) >= 11 is 23.9. The van der Waals surface area contributed by atoms with E-state index in [0.29, 0.717) is 15.9 Å². The summed E-state index contributed by atoms with van der Waals surface area (Å²) < 4.78 is 25.6. The van der Waals surface area contributed by atoms with Gasteiger partial charge in [0.25, 0.3) is 0 Å². The highest BCUT2D eigenvalue weighted by molar-refractivity contribution is 7.91. The van der Waals surface area contributed by atoms with Crippen LogP contribution in [0.25, 0.3) is 10.9 Å². The number of rotatable bonds is 2. The van der Waals surface area contributed by atoms with Gasteiger partial charge in [0.1, 0.15) is 4.90 Å². The van der Waals surface area contributed by atoms with E-state index in [0.717, 1.165) is 0 Å². The Bertz CT molecular complexity index is 1040. The third kappa shape index (κ3) is 3.02. The predicted octanol–water partition coefficient (Wildman–Crippen LogP) is 5.68. The smallest absolute Gasteiger partial charge is 0.209 e. The quantitative estimate of drug-likeness (QED) is 0.549. The van der Waals surface area contributed by atoms with E-state index in [1.807, 2.05) is 0 Å². The summed E-state index contributed by atoms with van der Waals surface area (Å²) in [6.45, 7) is 0. The van der Waals surface area contributed by atoms with Crippen LogP contribution in [0.15, 0.2) is 52.4 Å². The molecule has 3 aromatic rings. The van der Waals surface area contributed by atoms with E-state index in [9.17, 15) is 8.42 Å². The Hall–Kier alpha value is -1.04. The molecule has 3 nitrogen and oxygen atoms in total. The minimum atomic E-state index is -3.88. The van der Waals surface area contributed by atoms with Crippen LogP contribution in [0.3, 0.4) is 0 Å². The van der Waals surface area contributed by atoms with Gasteiger partial charge in [0.15, 0.2) is 0 Å². The predicted molar refractivity (Wildman–Crippen MR) is 93.7 cm³/mol. The van der Waals surface area contributed by atoms with E-state index in [1.54, 1.807) is 18.2 Å². The van der Waals surface area contributed by atoms with Gasteiger partial charge in [0, 0.05) is 16.6 Å². The summed E-state index contributed by atoms with van der Waals surface area (Å²) in [5, 5.41) is 1.48. The van der Waals surface area contributed by atoms with Crippen LogP contribution in [-0.2, 0) is 9.84 Å². The lowest BCUT2D eigenvalue weighted by Gasteiger charge is -2.09. The molecule has 0 radical (unpaired) electrons. The summed E-state index contributed by atoms with van der Waals surface area (Å²) in [4.78, 5) is 4.01. The Labute approximate surface area is 152 Å². The molecule has 118 valence electrons. The molecule has 2 aromatic carbocycles. The van der Waals surface area contributed by atoms with Crippen LogP contribution in [0.5, 0.6) is 0 Å². The lowest BCUT2D eigenvalue weighted by atomic mass is 10.2. The van der Waals surface area contributed by atoms with Crippen molar-refractivity contribution < 1.29 is 8.42 Å². The van der Waals surface area contributed by atoms with Gasteiger partial charge in [0.05, 0.1) is 25.5 Å². The van der Waals surface area contributed by atoms with Crippen molar-refractivity contribution >= 4 is 67.1 Å². The summed E-state index contributed by atoms with van der Waals surface area (Å²) in [5.41, 5.74) is 0.510. The molecule has 0 atom stereocenters. The number of hydrogen-bond acceptors (Lipinski definition) is 3. The maximum atomic E-state index is 12.8. The minimum absolute atomic E-state index is 0.0103. The van der Waals surface area contributed by atoms with Crippen molar-refractivity contribution in [3.63, 3.8) is 0 Å². The number of nitrogens with zero attached hydrogens (tertiary/aromatic N) is 1. The maximum absolute atomic E-state index is 12.8. The standard InChI is InChI=1S/C15H7Cl4NO2S/c16-8-1-3-10-13(5-8)20-7-14(15(10)19)23(21,22)9-2-4-11(17)12(18)6-9/h1-7H. The number of sulfone groups is 1. The van der Waals surface area contributed by atoms with Crippen molar-refractivity contribution in [1.29, 1.82) is 0 Å². The third-order valence-electron chi connectivity index (χ3n) is 3.22. The second kappa shape index (κ2) is 6.11. The van der Waals surface area contributed by atoms with Crippen LogP contribution in [-0.4, -0.2) is 13.4 Å². The summed E-state index contributed by atoms with van der Waals surface area (Å²) in [6.07, 6.45) is 1.21. The highest BCUT2D eigenvalue weighted by Crippen LogP contribution is 2.35. The lowest BCUT2D eigenvalue weighted by Crippen LogP contribution is -2.04. The van der Waals surface area contributed by atoms with Crippen LogP contribution >= 0.6 is 46.4 Å². The van der Waals surface area contributed by atoms with E-state index in [4.69, 9.17) is 46.4 Å². The van der Waals surface area contributed by atoms with Gasteiger partial charge in [-0.3, -0.25) is 4.98 Å². The fraction of sp³-hybridized carbons (Fsp3) is 0. The van der Waals surface area contributed by atoms with E-state index in [2.05, 4.69) is 4.98 Å². The molecule has 3 rings (SSSR count). The van der Waals surface area contributed by atoms with Crippen LogP contribution < -0.4 is 0 Å². The molecule has 0 N–H and O–H groups in total. The molecule has 0 saturated heterocycles. The molecule has 0 fully saturated rings. The van der Waals surface area contributed by atoms with Crippen molar-refractivity contribution in [2.24, 2.45) is 0 Å². The highest BCUT2D eigenvalue weighted by atomic mass is 35.5. The molecular formula is C15H7Cl4NO2S. The third-order valence-corrected chi connectivity index (χ3v) is 6.48. The average molecular weight is 407 g/mol. The van der Waals surface area contributed by atoms with Crippen LogP contribution in [0.1, 0.15) is 0 Å². The fourth-order valence-electron chi connectivity index (χ4n) is 2.07. The van der Waals surface area contributed by atoms with Gasteiger partial charge in [0.2, 0.25) is 9.84 Å². The first-order chi connectivity index (χ1) is 10.8. The Kier molecular flexibility index (Phi) is 4.47. The van der Waals surface area contributed by atoms with Gasteiger partial charge in [-0.1, -0.05) is 46.4 Å². The molecule has 0 unspecified atom stereocenters. The number of aromatic nitrogens is 1. The monoisotopic (exact) mass is 405 g/mol. The van der Waals surface area contributed by atoms with Crippen molar-refractivity contribution in [3.8, 4) is 0 Å². The first kappa shape index (κ1) is 16.8. The average Bonchev–Trinajstić information content (AvgIpc) is 2.49. The van der Waals surface area contributed by atoms with Crippen molar-refractivity contribution in [2.45, 2.75) is 9.79 Å². The zero-order valence-corrected chi connectivity index (χ0v) is 15.1. The van der Waals surface area contributed by atoms with Crippen molar-refractivity contribution in [1.82, 2.24) is 4.98 Å². The molecule has 1 aromatic heterocycles. The van der Waals surface area contributed by atoms with Crippen molar-refractivity contribution in [3.05, 3.63) is 62.7 Å². The van der Waals surface area contributed by atoms with E-state index in [1.165, 1.54) is 24.4 Å². The number of fused-ring (bicyclic) bond motifs is 1. The topological polar surface area (TPSA) is 47.0 Å². The fourth-order valence-corrected chi connectivity index (χ4v) is 4.43. The molecule has 1 heterocycles. The Morgan fingerprint density at radius 3 is 2.30 bits per heavy atom. The van der Waals surface area contributed by atoms with E-state index < -0.39 is 9.84 Å². The molecule has 0 aliphatic carbocycles. The summed E-state index contributed by atoms with van der Waals surface area (Å²) in [6, 6.07) is 8.92. The number of halogens is 4. The van der Waals surface area contributed by atoms with Gasteiger partial charge in [-0.25, -0.2) is 8.42 Å². The van der Waals surface area contributed by atoms with Crippen molar-refractivity contribution in [2.75, 3.05) is 0 Å². The molecule has 0 saturated carbocycles. The normalized spacial score (nSPS) is 11.8. The molecule has 0 aliphatic heterocycles. The highest BCUT2D eigenvalue weighted by Gasteiger charge is 2.23. The molecule has 0 spiro atoms. The molecule has 0 bridgehead atoms. The molecular weight excluding hydrogens is 400 g/mol. The van der Waals surface area contributed by atoms with Crippen LogP contribution in [0, 0.1) is 0 Å². The largest absolute Gasteiger partial charge is 0.255 e. The summed E-state index contributed by atoms with van der Waals surface area (Å²) in [7, 11) is -3.88. The molecule has 8 heteroatoms. The zero-order valence-electron chi connectivity index (χ0n) is 11.2. The second-order valence-corrected chi connectivity index (χ2v) is 8.22. The van der Waals surface area contributed by atoms with Crippen LogP contribution in [0.4, 0.5) is 0 Å². The first-order valence-corrected chi connectivity index (χ1v) is 9.24. The number of hydrogen-bond donors (Lipinski definition) is 0. The Morgan fingerprint density at radius 2 is 1.61 bits per heavy atom. The van der Waals surface area contributed by atoms with Gasteiger partial charge in [-0.15, -0.1) is 0 Å². The van der Waals surface area contributed by atoms with E-state index >= 15 is 0 Å². The summed E-state index contributed by atoms with van der Waals surface area (Å²) in [5.74, 6) is 0. The first-order valence-electron chi connectivity index (χ1n) is 6.24. The zero-order chi connectivity index (χ0) is 16.8. The Balaban J connectivity index is 2.24. The lowest BCUT2D eigenvalue weighted by molar-refractivity contribution is 0.596. The number of benzene rings is 2. The number of pyridine rings is 1. The van der Waals surface area contributed by atoms with E-state index in [-0.39, 0.29) is 24.9 Å². The molecule has 0 amide bonds. The van der Waals surface area contributed by atoms with Gasteiger partial charge in [-0.05, 0) is 36.4 Å².